The monoisotopic (exact) mass is 239 g/mol. The largest absolute Gasteiger partial charge is 0.354 e. The summed E-state index contributed by atoms with van der Waals surface area (Å²) in [7, 11) is 0. The van der Waals surface area contributed by atoms with Crippen LogP contribution in [0, 0.1) is 11.3 Å². The van der Waals surface area contributed by atoms with E-state index in [2.05, 4.69) is 33.3 Å². The molecule has 0 saturated carbocycles. The minimum Gasteiger partial charge on any atom is -0.354 e. The van der Waals surface area contributed by atoms with Crippen molar-refractivity contribution in [3.05, 3.63) is 36.3 Å². The van der Waals surface area contributed by atoms with Gasteiger partial charge in [-0.15, -0.1) is 0 Å². The molecule has 0 spiro atoms. The van der Waals surface area contributed by atoms with Gasteiger partial charge in [-0.25, -0.2) is 9.97 Å². The Bertz CT molecular complexity index is 574. The molecule has 1 N–H and O–H groups in total. The molecule has 5 nitrogen and oxygen atoms in total. The van der Waals surface area contributed by atoms with Crippen molar-refractivity contribution in [1.82, 2.24) is 15.0 Å². The van der Waals surface area contributed by atoms with E-state index in [0.29, 0.717) is 11.5 Å². The van der Waals surface area contributed by atoms with Gasteiger partial charge in [0.05, 0.1) is 11.3 Å². The summed E-state index contributed by atoms with van der Waals surface area (Å²) in [5.74, 6) is 0.594. The normalized spacial score (nSPS) is 9.78. The molecule has 0 aromatic carbocycles. The summed E-state index contributed by atoms with van der Waals surface area (Å²) in [6.45, 7) is 2.91. The molecular weight excluding hydrogens is 226 g/mol. The van der Waals surface area contributed by atoms with E-state index in [9.17, 15) is 0 Å². The van der Waals surface area contributed by atoms with Gasteiger partial charge >= 0.3 is 0 Å². The van der Waals surface area contributed by atoms with E-state index in [1.165, 1.54) is 6.20 Å². The molecule has 0 unspecified atom stereocenters. The Kier molecular flexibility index (Phi) is 3.82. The number of pyridine rings is 1. The quantitative estimate of drug-likeness (QED) is 0.885. The number of hydrogen-bond donors (Lipinski definition) is 1. The van der Waals surface area contributed by atoms with Crippen molar-refractivity contribution in [2.45, 2.75) is 13.3 Å². The predicted molar refractivity (Wildman–Crippen MR) is 68.8 cm³/mol. The van der Waals surface area contributed by atoms with Gasteiger partial charge < -0.3 is 5.32 Å². The van der Waals surface area contributed by atoms with Crippen LogP contribution >= 0.6 is 0 Å². The van der Waals surface area contributed by atoms with Crippen LogP contribution in [-0.2, 0) is 0 Å². The molecule has 0 radical (unpaired) electrons. The van der Waals surface area contributed by atoms with Crippen molar-refractivity contribution in [2.75, 3.05) is 11.9 Å². The maximum Gasteiger partial charge on any atom is 0.223 e. The fraction of sp³-hybridized carbons (Fsp3) is 0.231. The number of aromatic nitrogens is 3. The number of nitrogens with one attached hydrogen (secondary N) is 1. The van der Waals surface area contributed by atoms with Gasteiger partial charge in [0.2, 0.25) is 5.95 Å². The van der Waals surface area contributed by atoms with Gasteiger partial charge in [0.15, 0.2) is 0 Å². The molecule has 18 heavy (non-hydrogen) atoms. The van der Waals surface area contributed by atoms with Crippen molar-refractivity contribution >= 4 is 5.95 Å². The Morgan fingerprint density at radius 1 is 1.39 bits per heavy atom. The second kappa shape index (κ2) is 5.73. The van der Waals surface area contributed by atoms with Crippen LogP contribution < -0.4 is 5.32 Å². The lowest BCUT2D eigenvalue weighted by Crippen LogP contribution is -2.04. The highest BCUT2D eigenvalue weighted by atomic mass is 15.1. The average Bonchev–Trinajstić information content (AvgIpc) is 2.45. The molecular formula is C13H13N5. The first kappa shape index (κ1) is 12.0. The lowest BCUT2D eigenvalue weighted by Gasteiger charge is -2.05. The third-order valence-corrected chi connectivity index (χ3v) is 2.35. The smallest absolute Gasteiger partial charge is 0.223 e. The third kappa shape index (κ3) is 2.80. The van der Waals surface area contributed by atoms with Crippen molar-refractivity contribution in [3.8, 4) is 17.3 Å². The zero-order chi connectivity index (χ0) is 12.8. The van der Waals surface area contributed by atoms with E-state index in [-0.39, 0.29) is 0 Å². The minimum atomic E-state index is 0.522. The summed E-state index contributed by atoms with van der Waals surface area (Å²) in [6, 6.07) is 5.63. The van der Waals surface area contributed by atoms with Crippen LogP contribution in [0.15, 0.2) is 30.7 Å². The number of nitriles is 1. The first-order chi connectivity index (χ1) is 8.83. The Morgan fingerprint density at radius 3 is 3.06 bits per heavy atom. The number of anilines is 1. The molecule has 5 heteroatoms. The Labute approximate surface area is 106 Å². The molecule has 2 heterocycles. The molecule has 0 aliphatic rings. The van der Waals surface area contributed by atoms with E-state index in [0.717, 1.165) is 24.2 Å². The molecule has 0 bridgehead atoms. The van der Waals surface area contributed by atoms with Gasteiger partial charge in [-0.05, 0) is 18.6 Å². The van der Waals surface area contributed by atoms with E-state index in [1.54, 1.807) is 24.5 Å². The SMILES string of the molecule is CCCNc1nccc(-c2cncc(C#N)c2)n1. The molecule has 90 valence electrons. The van der Waals surface area contributed by atoms with Gasteiger partial charge in [0.25, 0.3) is 0 Å². The average molecular weight is 239 g/mol. The molecule has 0 aliphatic carbocycles. The maximum atomic E-state index is 8.84. The first-order valence-electron chi connectivity index (χ1n) is 5.76. The minimum absolute atomic E-state index is 0.522. The lowest BCUT2D eigenvalue weighted by atomic mass is 10.1. The summed E-state index contributed by atoms with van der Waals surface area (Å²) in [5.41, 5.74) is 2.10. The Morgan fingerprint density at radius 2 is 2.28 bits per heavy atom. The second-order valence-corrected chi connectivity index (χ2v) is 3.77. The first-order valence-corrected chi connectivity index (χ1v) is 5.76. The van der Waals surface area contributed by atoms with Crippen LogP contribution in [0.4, 0.5) is 5.95 Å². The van der Waals surface area contributed by atoms with Crippen LogP contribution in [0.1, 0.15) is 18.9 Å². The highest BCUT2D eigenvalue weighted by Crippen LogP contribution is 2.17. The fourth-order valence-corrected chi connectivity index (χ4v) is 1.48. The van der Waals surface area contributed by atoms with Crippen LogP contribution in [0.25, 0.3) is 11.3 Å². The molecule has 0 atom stereocenters. The fourth-order valence-electron chi connectivity index (χ4n) is 1.48. The molecule has 0 aliphatic heterocycles. The maximum absolute atomic E-state index is 8.84. The van der Waals surface area contributed by atoms with Gasteiger partial charge in [-0.1, -0.05) is 6.92 Å². The second-order valence-electron chi connectivity index (χ2n) is 3.77. The number of nitrogens with zero attached hydrogens (tertiary/aromatic N) is 4. The summed E-state index contributed by atoms with van der Waals surface area (Å²) in [4.78, 5) is 12.5. The predicted octanol–water partition coefficient (Wildman–Crippen LogP) is 2.23. The molecule has 0 saturated heterocycles. The van der Waals surface area contributed by atoms with Crippen molar-refractivity contribution in [1.29, 1.82) is 5.26 Å². The molecule has 0 fully saturated rings. The van der Waals surface area contributed by atoms with Crippen LogP contribution in [0.5, 0.6) is 0 Å². The van der Waals surface area contributed by atoms with Gasteiger partial charge in [-0.2, -0.15) is 5.26 Å². The Balaban J connectivity index is 2.29. The van der Waals surface area contributed by atoms with E-state index in [1.807, 2.05) is 0 Å². The summed E-state index contributed by atoms with van der Waals surface area (Å²) in [5, 5.41) is 12.0. The van der Waals surface area contributed by atoms with Crippen LogP contribution in [0.2, 0.25) is 0 Å². The standard InChI is InChI=1S/C13H13N5/c1-2-4-16-13-17-5-3-12(18-13)11-6-10(7-14)8-15-9-11/h3,5-6,8-9H,2,4H2,1H3,(H,16,17,18). The highest BCUT2D eigenvalue weighted by molar-refractivity contribution is 5.60. The zero-order valence-electron chi connectivity index (χ0n) is 10.1. The van der Waals surface area contributed by atoms with Gasteiger partial charge in [0.1, 0.15) is 6.07 Å². The van der Waals surface area contributed by atoms with Crippen LogP contribution in [0.3, 0.4) is 0 Å². The van der Waals surface area contributed by atoms with Gasteiger partial charge in [-0.3, -0.25) is 4.98 Å². The number of rotatable bonds is 4. The summed E-state index contributed by atoms with van der Waals surface area (Å²) >= 11 is 0. The van der Waals surface area contributed by atoms with Crippen molar-refractivity contribution in [3.63, 3.8) is 0 Å². The van der Waals surface area contributed by atoms with E-state index >= 15 is 0 Å². The van der Waals surface area contributed by atoms with E-state index in [4.69, 9.17) is 5.26 Å². The summed E-state index contributed by atoms with van der Waals surface area (Å²) in [6.07, 6.45) is 5.92. The number of hydrogen-bond acceptors (Lipinski definition) is 5. The highest BCUT2D eigenvalue weighted by Gasteiger charge is 2.03. The lowest BCUT2D eigenvalue weighted by molar-refractivity contribution is 0.953. The topological polar surface area (TPSA) is 74.5 Å². The molecule has 2 rings (SSSR count). The zero-order valence-corrected chi connectivity index (χ0v) is 10.1. The van der Waals surface area contributed by atoms with Crippen molar-refractivity contribution < 1.29 is 0 Å². The van der Waals surface area contributed by atoms with Crippen LogP contribution in [-0.4, -0.2) is 21.5 Å². The Hall–Kier alpha value is -2.48. The van der Waals surface area contributed by atoms with Crippen molar-refractivity contribution in [2.24, 2.45) is 0 Å². The molecule has 2 aromatic heterocycles. The molecule has 0 amide bonds. The third-order valence-electron chi connectivity index (χ3n) is 2.35. The van der Waals surface area contributed by atoms with E-state index < -0.39 is 0 Å². The molecule has 2 aromatic rings. The van der Waals surface area contributed by atoms with Gasteiger partial charge in [0, 0.05) is 30.7 Å². The summed E-state index contributed by atoms with van der Waals surface area (Å²) < 4.78 is 0.